The van der Waals surface area contributed by atoms with Crippen molar-refractivity contribution in [3.8, 4) is 0 Å². The summed E-state index contributed by atoms with van der Waals surface area (Å²) in [4.78, 5) is 2.43. The van der Waals surface area contributed by atoms with E-state index in [-0.39, 0.29) is 12.4 Å². The van der Waals surface area contributed by atoms with Crippen molar-refractivity contribution >= 4 is 12.4 Å². The number of unbranched alkanes of at least 4 members (excludes halogenated alkanes) is 1. The van der Waals surface area contributed by atoms with Gasteiger partial charge in [-0.15, -0.1) is 12.4 Å². The molecule has 0 atom stereocenters. The van der Waals surface area contributed by atoms with Gasteiger partial charge in [0.2, 0.25) is 0 Å². The van der Waals surface area contributed by atoms with Crippen LogP contribution in [0.3, 0.4) is 0 Å². The van der Waals surface area contributed by atoms with Gasteiger partial charge in [-0.2, -0.15) is 0 Å². The van der Waals surface area contributed by atoms with E-state index >= 15 is 0 Å². The molecule has 17 heavy (non-hydrogen) atoms. The minimum Gasteiger partial charge on any atom is -0.466 e. The lowest BCUT2D eigenvalue weighted by atomic mass is 9.89. The molecule has 1 aliphatic rings. The molecule has 0 unspecified atom stereocenters. The van der Waals surface area contributed by atoms with E-state index in [2.05, 4.69) is 11.8 Å². The van der Waals surface area contributed by atoms with Gasteiger partial charge in [0, 0.05) is 13.1 Å². The highest BCUT2D eigenvalue weighted by molar-refractivity contribution is 5.85. The van der Waals surface area contributed by atoms with Gasteiger partial charge in [0.05, 0.1) is 6.26 Å². The van der Waals surface area contributed by atoms with Crippen LogP contribution < -0.4 is 0 Å². The van der Waals surface area contributed by atoms with Crippen molar-refractivity contribution in [3.63, 3.8) is 0 Å². The molecule has 4 heteroatoms. The predicted octanol–water partition coefficient (Wildman–Crippen LogP) is 2.78. The van der Waals surface area contributed by atoms with Crippen LogP contribution in [0.4, 0.5) is 0 Å². The van der Waals surface area contributed by atoms with E-state index < -0.39 is 5.60 Å². The second-order valence-electron chi connectivity index (χ2n) is 4.70. The summed E-state index contributed by atoms with van der Waals surface area (Å²) in [5.41, 5.74) is -0.730. The Balaban J connectivity index is 0.00000144. The van der Waals surface area contributed by atoms with Crippen LogP contribution in [0.2, 0.25) is 0 Å². The molecule has 1 aromatic heterocycles. The first kappa shape index (κ1) is 14.6. The van der Waals surface area contributed by atoms with Crippen molar-refractivity contribution in [2.24, 2.45) is 0 Å². The van der Waals surface area contributed by atoms with Crippen molar-refractivity contribution in [1.82, 2.24) is 4.90 Å². The van der Waals surface area contributed by atoms with Gasteiger partial charge in [0.25, 0.3) is 0 Å². The fourth-order valence-electron chi connectivity index (χ4n) is 2.32. The number of hydrogen-bond donors (Lipinski definition) is 1. The van der Waals surface area contributed by atoms with Gasteiger partial charge in [-0.1, -0.05) is 13.3 Å². The Morgan fingerprint density at radius 3 is 2.65 bits per heavy atom. The third kappa shape index (κ3) is 3.47. The molecule has 2 rings (SSSR count). The zero-order valence-electron chi connectivity index (χ0n) is 10.4. The van der Waals surface area contributed by atoms with Crippen LogP contribution in [0.1, 0.15) is 38.4 Å². The summed E-state index contributed by atoms with van der Waals surface area (Å²) in [5, 5.41) is 10.5. The van der Waals surface area contributed by atoms with Gasteiger partial charge in [-0.25, -0.2) is 0 Å². The summed E-state index contributed by atoms with van der Waals surface area (Å²) in [6, 6.07) is 3.72. The molecule has 3 nitrogen and oxygen atoms in total. The van der Waals surface area contributed by atoms with Crippen molar-refractivity contribution in [2.45, 2.75) is 38.2 Å². The third-order valence-corrected chi connectivity index (χ3v) is 3.49. The summed E-state index contributed by atoms with van der Waals surface area (Å²) < 4.78 is 5.32. The van der Waals surface area contributed by atoms with Crippen LogP contribution in [0.25, 0.3) is 0 Å². The number of aliphatic hydroxyl groups is 1. The van der Waals surface area contributed by atoms with Crippen LogP contribution in [0.5, 0.6) is 0 Å². The summed E-state index contributed by atoms with van der Waals surface area (Å²) in [6.45, 7) is 5.31. The summed E-state index contributed by atoms with van der Waals surface area (Å²) in [5.74, 6) is 0.725. The van der Waals surface area contributed by atoms with Crippen molar-refractivity contribution in [3.05, 3.63) is 24.2 Å². The van der Waals surface area contributed by atoms with Gasteiger partial charge in [0.1, 0.15) is 11.4 Å². The Morgan fingerprint density at radius 2 is 2.12 bits per heavy atom. The molecule has 1 aliphatic heterocycles. The average molecular weight is 260 g/mol. The minimum atomic E-state index is -0.730. The smallest absolute Gasteiger partial charge is 0.135 e. The molecule has 0 aliphatic carbocycles. The number of piperidine rings is 1. The molecule has 1 fully saturated rings. The highest BCUT2D eigenvalue weighted by atomic mass is 35.5. The van der Waals surface area contributed by atoms with Crippen LogP contribution >= 0.6 is 12.4 Å². The van der Waals surface area contributed by atoms with E-state index in [0.717, 1.165) is 38.2 Å². The number of rotatable bonds is 4. The molecule has 0 aromatic carbocycles. The normalized spacial score (nSPS) is 19.9. The van der Waals surface area contributed by atoms with E-state index in [4.69, 9.17) is 4.42 Å². The minimum absolute atomic E-state index is 0. The highest BCUT2D eigenvalue weighted by Crippen LogP contribution is 2.32. The lowest BCUT2D eigenvalue weighted by molar-refractivity contribution is -0.0421. The van der Waals surface area contributed by atoms with E-state index in [9.17, 15) is 5.11 Å². The SMILES string of the molecule is CCCCN1CCC(O)(c2ccco2)CC1.Cl. The van der Waals surface area contributed by atoms with Crippen molar-refractivity contribution in [1.29, 1.82) is 0 Å². The molecule has 98 valence electrons. The van der Waals surface area contributed by atoms with E-state index in [0.29, 0.717) is 0 Å². The van der Waals surface area contributed by atoms with Gasteiger partial charge < -0.3 is 14.4 Å². The molecule has 0 bridgehead atoms. The highest BCUT2D eigenvalue weighted by Gasteiger charge is 2.35. The molecule has 2 heterocycles. The first-order valence-corrected chi connectivity index (χ1v) is 6.23. The Kier molecular flexibility index (Phi) is 5.50. The zero-order valence-corrected chi connectivity index (χ0v) is 11.2. The maximum Gasteiger partial charge on any atom is 0.135 e. The maximum atomic E-state index is 10.5. The van der Waals surface area contributed by atoms with Crippen LogP contribution in [-0.2, 0) is 5.60 Å². The third-order valence-electron chi connectivity index (χ3n) is 3.49. The first-order valence-electron chi connectivity index (χ1n) is 6.23. The molecule has 1 aromatic rings. The van der Waals surface area contributed by atoms with Crippen molar-refractivity contribution < 1.29 is 9.52 Å². The van der Waals surface area contributed by atoms with Gasteiger partial charge >= 0.3 is 0 Å². The lowest BCUT2D eigenvalue weighted by Crippen LogP contribution is -2.42. The van der Waals surface area contributed by atoms with Gasteiger partial charge in [-0.05, 0) is 37.9 Å². The molecule has 0 amide bonds. The van der Waals surface area contributed by atoms with Gasteiger partial charge in [-0.3, -0.25) is 0 Å². The number of likely N-dealkylation sites (tertiary alicyclic amines) is 1. The molecule has 1 saturated heterocycles. The second-order valence-corrected chi connectivity index (χ2v) is 4.70. The van der Waals surface area contributed by atoms with E-state index in [1.54, 1.807) is 6.26 Å². The van der Waals surface area contributed by atoms with Crippen LogP contribution in [0.15, 0.2) is 22.8 Å². The monoisotopic (exact) mass is 259 g/mol. The molecule has 0 saturated carbocycles. The molecular weight excluding hydrogens is 238 g/mol. The maximum absolute atomic E-state index is 10.5. The summed E-state index contributed by atoms with van der Waals surface area (Å²) in [7, 11) is 0. The Hall–Kier alpha value is -0.510. The fraction of sp³-hybridized carbons (Fsp3) is 0.692. The van der Waals surface area contributed by atoms with Crippen LogP contribution in [0, 0.1) is 0 Å². The fourth-order valence-corrected chi connectivity index (χ4v) is 2.32. The van der Waals surface area contributed by atoms with Gasteiger partial charge in [0.15, 0.2) is 0 Å². The lowest BCUT2D eigenvalue weighted by Gasteiger charge is -2.36. The Bertz CT molecular complexity index is 305. The number of halogens is 1. The van der Waals surface area contributed by atoms with E-state index in [1.165, 1.54) is 12.8 Å². The molecule has 1 N–H and O–H groups in total. The quantitative estimate of drug-likeness (QED) is 0.903. The molecule has 0 spiro atoms. The standard InChI is InChI=1S/C13H21NO2.ClH/c1-2-3-8-14-9-6-13(15,7-10-14)12-5-4-11-16-12;/h4-5,11,15H,2-3,6-10H2,1H3;1H. The summed E-state index contributed by atoms with van der Waals surface area (Å²) >= 11 is 0. The number of hydrogen-bond acceptors (Lipinski definition) is 3. The predicted molar refractivity (Wildman–Crippen MR) is 70.4 cm³/mol. The van der Waals surface area contributed by atoms with E-state index in [1.807, 2.05) is 12.1 Å². The molecule has 0 radical (unpaired) electrons. The second kappa shape index (κ2) is 6.43. The number of furan rings is 1. The largest absolute Gasteiger partial charge is 0.466 e. The number of nitrogens with zero attached hydrogens (tertiary/aromatic N) is 1. The Labute approximate surface area is 109 Å². The summed E-state index contributed by atoms with van der Waals surface area (Å²) in [6.07, 6.45) is 5.68. The van der Waals surface area contributed by atoms with Crippen LogP contribution in [-0.4, -0.2) is 29.6 Å². The average Bonchev–Trinajstić information content (AvgIpc) is 2.83. The topological polar surface area (TPSA) is 36.6 Å². The van der Waals surface area contributed by atoms with Crippen molar-refractivity contribution in [2.75, 3.05) is 19.6 Å². The zero-order chi connectivity index (χ0) is 11.4. The molecular formula is C13H22ClNO2. The Morgan fingerprint density at radius 1 is 1.41 bits per heavy atom. The first-order chi connectivity index (χ1) is 7.74.